The van der Waals surface area contributed by atoms with Crippen molar-refractivity contribution in [3.8, 4) is 0 Å². The maximum Gasteiger partial charge on any atom is 0.416 e. The summed E-state index contributed by atoms with van der Waals surface area (Å²) in [6.45, 7) is 1.87. The Bertz CT molecular complexity index is 401. The van der Waals surface area contributed by atoms with Crippen molar-refractivity contribution in [1.29, 1.82) is 0 Å². The number of nitrogens with two attached hydrogens (primary N) is 1. The van der Waals surface area contributed by atoms with Gasteiger partial charge in [-0.1, -0.05) is 6.92 Å². The molecule has 1 aromatic carbocycles. The SMILES string of the molecule is CC[C@@H](CC(N)=O)Nc1ccc(C(F)(F)F)cc1. The van der Waals surface area contributed by atoms with Crippen molar-refractivity contribution in [2.24, 2.45) is 5.73 Å². The minimum atomic E-state index is -4.34. The third-order valence-electron chi connectivity index (χ3n) is 2.52. The Hall–Kier alpha value is -1.72. The number of anilines is 1. The topological polar surface area (TPSA) is 55.1 Å². The van der Waals surface area contributed by atoms with Crippen molar-refractivity contribution in [1.82, 2.24) is 0 Å². The van der Waals surface area contributed by atoms with Crippen molar-refractivity contribution in [2.45, 2.75) is 32.0 Å². The van der Waals surface area contributed by atoms with Crippen LogP contribution in [0.2, 0.25) is 0 Å². The minimum Gasteiger partial charge on any atom is -0.382 e. The zero-order valence-corrected chi connectivity index (χ0v) is 9.92. The summed E-state index contributed by atoms with van der Waals surface area (Å²) in [5.41, 5.74) is 4.92. The second kappa shape index (κ2) is 5.75. The van der Waals surface area contributed by atoms with Gasteiger partial charge in [0, 0.05) is 18.2 Å². The Labute approximate surface area is 103 Å². The summed E-state index contributed by atoms with van der Waals surface area (Å²) in [6, 6.07) is 4.51. The number of carbonyl (C=O) groups is 1. The van der Waals surface area contributed by atoms with Crippen LogP contribution in [0.3, 0.4) is 0 Å². The molecule has 0 fully saturated rings. The molecule has 1 atom stereocenters. The number of nitrogens with one attached hydrogen (secondary N) is 1. The number of alkyl halides is 3. The van der Waals surface area contributed by atoms with Crippen molar-refractivity contribution in [2.75, 3.05) is 5.32 Å². The van der Waals surface area contributed by atoms with Gasteiger partial charge in [0.15, 0.2) is 0 Å². The Kier molecular flexibility index (Phi) is 4.58. The second-order valence-corrected chi connectivity index (χ2v) is 4.00. The molecular weight excluding hydrogens is 245 g/mol. The summed E-state index contributed by atoms with van der Waals surface area (Å²) in [5, 5.41) is 2.97. The van der Waals surface area contributed by atoms with Gasteiger partial charge in [-0.25, -0.2) is 0 Å². The average molecular weight is 260 g/mol. The molecule has 0 aliphatic heterocycles. The van der Waals surface area contributed by atoms with Crippen LogP contribution in [0.25, 0.3) is 0 Å². The number of carbonyl (C=O) groups excluding carboxylic acids is 1. The van der Waals surface area contributed by atoms with Crippen LogP contribution in [0, 0.1) is 0 Å². The Morgan fingerprint density at radius 1 is 1.33 bits per heavy atom. The molecule has 1 rings (SSSR count). The number of primary amides is 1. The highest BCUT2D eigenvalue weighted by molar-refractivity contribution is 5.75. The first-order valence-corrected chi connectivity index (χ1v) is 5.55. The van der Waals surface area contributed by atoms with Gasteiger partial charge in [-0.15, -0.1) is 0 Å². The minimum absolute atomic E-state index is 0.150. The molecular formula is C12H15F3N2O. The van der Waals surface area contributed by atoms with Crippen LogP contribution in [0.15, 0.2) is 24.3 Å². The van der Waals surface area contributed by atoms with Gasteiger partial charge in [-0.2, -0.15) is 13.2 Å². The summed E-state index contributed by atoms with van der Waals surface area (Å²) < 4.78 is 37.0. The van der Waals surface area contributed by atoms with Crippen molar-refractivity contribution >= 4 is 11.6 Å². The monoisotopic (exact) mass is 260 g/mol. The van der Waals surface area contributed by atoms with Gasteiger partial charge >= 0.3 is 6.18 Å². The highest BCUT2D eigenvalue weighted by Gasteiger charge is 2.29. The van der Waals surface area contributed by atoms with Gasteiger partial charge in [0.25, 0.3) is 0 Å². The lowest BCUT2D eigenvalue weighted by Crippen LogP contribution is -2.26. The van der Waals surface area contributed by atoms with E-state index in [1.54, 1.807) is 0 Å². The van der Waals surface area contributed by atoms with Gasteiger partial charge in [-0.05, 0) is 30.7 Å². The first-order chi connectivity index (χ1) is 8.32. The van der Waals surface area contributed by atoms with Gasteiger partial charge in [0.1, 0.15) is 0 Å². The van der Waals surface area contributed by atoms with Crippen LogP contribution >= 0.6 is 0 Å². The van der Waals surface area contributed by atoms with Crippen LogP contribution in [0.1, 0.15) is 25.3 Å². The van der Waals surface area contributed by atoms with E-state index in [1.165, 1.54) is 12.1 Å². The van der Waals surface area contributed by atoms with Gasteiger partial charge in [0.05, 0.1) is 5.56 Å². The van der Waals surface area contributed by atoms with E-state index >= 15 is 0 Å². The van der Waals surface area contributed by atoms with E-state index in [1.807, 2.05) is 6.92 Å². The number of amides is 1. The molecule has 3 nitrogen and oxygen atoms in total. The smallest absolute Gasteiger partial charge is 0.382 e. The largest absolute Gasteiger partial charge is 0.416 e. The fourth-order valence-electron chi connectivity index (χ4n) is 1.53. The van der Waals surface area contributed by atoms with Crippen molar-refractivity contribution in [3.63, 3.8) is 0 Å². The molecule has 0 aliphatic rings. The molecule has 100 valence electrons. The molecule has 0 aliphatic carbocycles. The molecule has 0 saturated carbocycles. The Balaban J connectivity index is 2.71. The zero-order chi connectivity index (χ0) is 13.8. The molecule has 0 radical (unpaired) electrons. The summed E-state index contributed by atoms with van der Waals surface area (Å²) in [5.74, 6) is -0.443. The van der Waals surface area contributed by atoms with Crippen LogP contribution in [-0.2, 0) is 11.0 Å². The van der Waals surface area contributed by atoms with Crippen molar-refractivity contribution < 1.29 is 18.0 Å². The van der Waals surface area contributed by atoms with E-state index in [-0.39, 0.29) is 12.5 Å². The highest BCUT2D eigenvalue weighted by Crippen LogP contribution is 2.29. The van der Waals surface area contributed by atoms with Crippen LogP contribution in [-0.4, -0.2) is 11.9 Å². The maximum absolute atomic E-state index is 12.3. The normalized spacial score (nSPS) is 13.1. The van der Waals surface area contributed by atoms with E-state index in [0.29, 0.717) is 12.1 Å². The molecule has 6 heteroatoms. The number of hydrogen-bond acceptors (Lipinski definition) is 2. The first kappa shape index (κ1) is 14.3. The van der Waals surface area contributed by atoms with Crippen molar-refractivity contribution in [3.05, 3.63) is 29.8 Å². The van der Waals surface area contributed by atoms with E-state index in [0.717, 1.165) is 12.1 Å². The fraction of sp³-hybridized carbons (Fsp3) is 0.417. The quantitative estimate of drug-likeness (QED) is 0.855. The second-order valence-electron chi connectivity index (χ2n) is 4.00. The molecule has 18 heavy (non-hydrogen) atoms. The van der Waals surface area contributed by atoms with Crippen LogP contribution in [0.5, 0.6) is 0 Å². The van der Waals surface area contributed by atoms with Crippen LogP contribution in [0.4, 0.5) is 18.9 Å². The van der Waals surface area contributed by atoms with Gasteiger partial charge in [0.2, 0.25) is 5.91 Å². The van der Waals surface area contributed by atoms with E-state index in [2.05, 4.69) is 5.32 Å². The molecule has 0 unspecified atom stereocenters. The first-order valence-electron chi connectivity index (χ1n) is 5.55. The molecule has 0 bridgehead atoms. The maximum atomic E-state index is 12.3. The number of halogens is 3. The number of hydrogen-bond donors (Lipinski definition) is 2. The number of rotatable bonds is 5. The van der Waals surface area contributed by atoms with Crippen LogP contribution < -0.4 is 11.1 Å². The lowest BCUT2D eigenvalue weighted by molar-refractivity contribution is -0.137. The lowest BCUT2D eigenvalue weighted by atomic mass is 10.1. The molecule has 0 aromatic heterocycles. The molecule has 1 amide bonds. The zero-order valence-electron chi connectivity index (χ0n) is 9.92. The Morgan fingerprint density at radius 2 is 1.89 bits per heavy atom. The Morgan fingerprint density at radius 3 is 2.28 bits per heavy atom. The average Bonchev–Trinajstić information content (AvgIpc) is 2.27. The van der Waals surface area contributed by atoms with E-state index in [4.69, 9.17) is 5.73 Å². The predicted octanol–water partition coefficient (Wildman–Crippen LogP) is 2.77. The fourth-order valence-corrected chi connectivity index (χ4v) is 1.53. The molecule has 0 spiro atoms. The third-order valence-corrected chi connectivity index (χ3v) is 2.52. The van der Waals surface area contributed by atoms with Gasteiger partial charge < -0.3 is 11.1 Å². The highest BCUT2D eigenvalue weighted by atomic mass is 19.4. The van der Waals surface area contributed by atoms with E-state index < -0.39 is 17.6 Å². The molecule has 1 aromatic rings. The summed E-state index contributed by atoms with van der Waals surface area (Å²) in [4.78, 5) is 10.8. The molecule has 0 saturated heterocycles. The standard InChI is InChI=1S/C12H15F3N2O/c1-2-9(7-11(16)18)17-10-5-3-8(4-6-10)12(13,14)15/h3-6,9,17H,2,7H2,1H3,(H2,16,18)/t9-/m0/s1. The number of benzene rings is 1. The molecule has 0 heterocycles. The van der Waals surface area contributed by atoms with E-state index in [9.17, 15) is 18.0 Å². The van der Waals surface area contributed by atoms with Gasteiger partial charge in [-0.3, -0.25) is 4.79 Å². The third kappa shape index (κ3) is 4.27. The summed E-state index contributed by atoms with van der Waals surface area (Å²) >= 11 is 0. The summed E-state index contributed by atoms with van der Waals surface area (Å²) in [6.07, 6.45) is -3.53. The predicted molar refractivity (Wildman–Crippen MR) is 63.0 cm³/mol. The summed E-state index contributed by atoms with van der Waals surface area (Å²) in [7, 11) is 0. The lowest BCUT2D eigenvalue weighted by Gasteiger charge is -2.17. The molecule has 3 N–H and O–H groups in total.